The van der Waals surface area contributed by atoms with Crippen LogP contribution in [0.5, 0.6) is 0 Å². The Balaban J connectivity index is 2.30. The normalized spacial score (nSPS) is 19.6. The van der Waals surface area contributed by atoms with Gasteiger partial charge in [-0.25, -0.2) is 0 Å². The topological polar surface area (TPSA) is 26.0 Å². The molecule has 1 aliphatic carbocycles. The highest BCUT2D eigenvalue weighted by Gasteiger charge is 2.28. The zero-order valence-corrected chi connectivity index (χ0v) is 8.58. The molecule has 1 fully saturated rings. The predicted molar refractivity (Wildman–Crippen MR) is 53.9 cm³/mol. The van der Waals surface area contributed by atoms with E-state index in [0.29, 0.717) is 0 Å². The van der Waals surface area contributed by atoms with Crippen molar-refractivity contribution < 1.29 is 0 Å². The Kier molecular flexibility index (Phi) is 2.15. The molecule has 1 aromatic heterocycles. The van der Waals surface area contributed by atoms with Gasteiger partial charge in [-0.3, -0.25) is 0 Å². The minimum Gasteiger partial charge on any atom is -0.324 e. The van der Waals surface area contributed by atoms with Crippen molar-refractivity contribution in [2.24, 2.45) is 5.73 Å². The van der Waals surface area contributed by atoms with Crippen LogP contribution >= 0.6 is 22.9 Å². The lowest BCUT2D eigenvalue weighted by Crippen LogP contribution is -2.01. The van der Waals surface area contributed by atoms with Gasteiger partial charge in [-0.1, -0.05) is 11.6 Å². The fourth-order valence-corrected chi connectivity index (χ4v) is 2.88. The molecule has 0 spiro atoms. The predicted octanol–water partition coefficient (Wildman–Crippen LogP) is 3.30. The van der Waals surface area contributed by atoms with Gasteiger partial charge >= 0.3 is 0 Å². The third-order valence-corrected chi connectivity index (χ3v) is 4.05. The molecule has 0 bridgehead atoms. The van der Waals surface area contributed by atoms with Gasteiger partial charge in [-0.15, -0.1) is 11.3 Å². The molecule has 1 nitrogen and oxygen atoms in total. The van der Waals surface area contributed by atoms with Crippen LogP contribution < -0.4 is 5.73 Å². The standard InChI is InChI=1S/C9H12ClNS/c1-5(11)8-4-7(10)9(12-8)6-2-3-6/h4-6H,2-3,11H2,1H3. The Morgan fingerprint density at radius 2 is 2.33 bits per heavy atom. The van der Waals surface area contributed by atoms with Crippen molar-refractivity contribution >= 4 is 22.9 Å². The Labute approximate surface area is 81.5 Å². The number of thiophene rings is 1. The number of halogens is 1. The van der Waals surface area contributed by atoms with Gasteiger partial charge in [0.2, 0.25) is 0 Å². The van der Waals surface area contributed by atoms with Gasteiger partial charge in [-0.2, -0.15) is 0 Å². The van der Waals surface area contributed by atoms with Gasteiger partial charge in [0, 0.05) is 15.8 Å². The molecule has 0 amide bonds. The zero-order valence-electron chi connectivity index (χ0n) is 7.01. The Morgan fingerprint density at radius 1 is 1.67 bits per heavy atom. The number of hydrogen-bond acceptors (Lipinski definition) is 2. The van der Waals surface area contributed by atoms with E-state index in [-0.39, 0.29) is 6.04 Å². The summed E-state index contributed by atoms with van der Waals surface area (Å²) in [5.74, 6) is 0.745. The van der Waals surface area contributed by atoms with Crippen LogP contribution in [0.1, 0.15) is 41.5 Å². The lowest BCUT2D eigenvalue weighted by Gasteiger charge is -1.97. The molecule has 1 unspecified atom stereocenters. The maximum Gasteiger partial charge on any atom is 0.0551 e. The zero-order chi connectivity index (χ0) is 8.72. The van der Waals surface area contributed by atoms with Crippen molar-refractivity contribution in [3.05, 3.63) is 20.8 Å². The Hall–Kier alpha value is -0.0500. The molecular formula is C9H12ClNS. The van der Waals surface area contributed by atoms with E-state index in [1.54, 1.807) is 11.3 Å². The molecule has 0 aliphatic heterocycles. The first-order valence-electron chi connectivity index (χ1n) is 4.23. The third kappa shape index (κ3) is 1.51. The first-order valence-corrected chi connectivity index (χ1v) is 5.42. The van der Waals surface area contributed by atoms with Crippen LogP contribution in [0.3, 0.4) is 0 Å². The maximum absolute atomic E-state index is 6.08. The minimum absolute atomic E-state index is 0.125. The highest BCUT2D eigenvalue weighted by atomic mass is 35.5. The minimum atomic E-state index is 0.125. The Bertz CT molecular complexity index is 289. The van der Waals surface area contributed by atoms with Crippen LogP contribution in [-0.4, -0.2) is 0 Å². The van der Waals surface area contributed by atoms with Crippen LogP contribution in [0.15, 0.2) is 6.07 Å². The lowest BCUT2D eigenvalue weighted by molar-refractivity contribution is 0.838. The van der Waals surface area contributed by atoms with Gasteiger partial charge in [0.25, 0.3) is 0 Å². The van der Waals surface area contributed by atoms with Crippen molar-refractivity contribution in [1.29, 1.82) is 0 Å². The summed E-state index contributed by atoms with van der Waals surface area (Å²) in [6.07, 6.45) is 2.61. The van der Waals surface area contributed by atoms with Gasteiger partial charge < -0.3 is 5.73 Å². The molecular weight excluding hydrogens is 190 g/mol. The van der Waals surface area contributed by atoms with Crippen molar-refractivity contribution in [1.82, 2.24) is 0 Å². The molecule has 1 heterocycles. The molecule has 2 N–H and O–H groups in total. The van der Waals surface area contributed by atoms with Gasteiger partial charge in [0.1, 0.15) is 0 Å². The van der Waals surface area contributed by atoms with Crippen molar-refractivity contribution in [2.75, 3.05) is 0 Å². The van der Waals surface area contributed by atoms with Crippen LogP contribution in [0.25, 0.3) is 0 Å². The molecule has 0 aromatic carbocycles. The quantitative estimate of drug-likeness (QED) is 0.781. The highest BCUT2D eigenvalue weighted by Crippen LogP contribution is 2.47. The molecule has 3 heteroatoms. The van der Waals surface area contributed by atoms with E-state index in [4.69, 9.17) is 17.3 Å². The molecule has 2 rings (SSSR count). The largest absolute Gasteiger partial charge is 0.324 e. The second-order valence-electron chi connectivity index (χ2n) is 3.42. The smallest absolute Gasteiger partial charge is 0.0551 e. The SMILES string of the molecule is CC(N)c1cc(Cl)c(C2CC2)s1. The molecule has 12 heavy (non-hydrogen) atoms. The third-order valence-electron chi connectivity index (χ3n) is 2.13. The molecule has 1 aliphatic rings. The second kappa shape index (κ2) is 3.02. The summed E-state index contributed by atoms with van der Waals surface area (Å²) in [4.78, 5) is 2.56. The van der Waals surface area contributed by atoms with Crippen LogP contribution in [0.2, 0.25) is 5.02 Å². The maximum atomic E-state index is 6.08. The monoisotopic (exact) mass is 201 g/mol. The van der Waals surface area contributed by atoms with E-state index in [1.165, 1.54) is 22.6 Å². The average Bonchev–Trinajstić information content (AvgIpc) is 2.75. The van der Waals surface area contributed by atoms with E-state index < -0.39 is 0 Å². The van der Waals surface area contributed by atoms with E-state index >= 15 is 0 Å². The molecule has 0 saturated heterocycles. The summed E-state index contributed by atoms with van der Waals surface area (Å²) in [5.41, 5.74) is 5.77. The number of rotatable bonds is 2. The van der Waals surface area contributed by atoms with Gasteiger partial charge in [-0.05, 0) is 31.7 Å². The molecule has 1 saturated carbocycles. The first-order chi connectivity index (χ1) is 5.68. The van der Waals surface area contributed by atoms with Crippen LogP contribution in [0, 0.1) is 0 Å². The van der Waals surface area contributed by atoms with Gasteiger partial charge in [0.05, 0.1) is 5.02 Å². The second-order valence-corrected chi connectivity index (χ2v) is 4.95. The van der Waals surface area contributed by atoms with E-state index in [0.717, 1.165) is 10.9 Å². The summed E-state index contributed by atoms with van der Waals surface area (Å²) in [5, 5.41) is 0.926. The molecule has 1 atom stereocenters. The molecule has 66 valence electrons. The van der Waals surface area contributed by atoms with Crippen molar-refractivity contribution in [3.8, 4) is 0 Å². The Morgan fingerprint density at radius 3 is 2.75 bits per heavy atom. The van der Waals surface area contributed by atoms with E-state index in [9.17, 15) is 0 Å². The van der Waals surface area contributed by atoms with Crippen molar-refractivity contribution in [3.63, 3.8) is 0 Å². The van der Waals surface area contributed by atoms with E-state index in [2.05, 4.69) is 0 Å². The van der Waals surface area contributed by atoms with Crippen molar-refractivity contribution in [2.45, 2.75) is 31.7 Å². The average molecular weight is 202 g/mol. The summed E-state index contributed by atoms with van der Waals surface area (Å²) in [6.45, 7) is 2.00. The fraction of sp³-hybridized carbons (Fsp3) is 0.556. The van der Waals surface area contributed by atoms with Gasteiger partial charge in [0.15, 0.2) is 0 Å². The lowest BCUT2D eigenvalue weighted by atomic mass is 10.3. The summed E-state index contributed by atoms with van der Waals surface area (Å²) >= 11 is 7.86. The molecule has 0 radical (unpaired) electrons. The number of nitrogens with two attached hydrogens (primary N) is 1. The highest BCUT2D eigenvalue weighted by molar-refractivity contribution is 7.12. The number of hydrogen-bond donors (Lipinski definition) is 1. The van der Waals surface area contributed by atoms with Crippen LogP contribution in [-0.2, 0) is 0 Å². The van der Waals surface area contributed by atoms with E-state index in [1.807, 2.05) is 13.0 Å². The van der Waals surface area contributed by atoms with Crippen LogP contribution in [0.4, 0.5) is 0 Å². The first kappa shape index (κ1) is 8.54. The summed E-state index contributed by atoms with van der Waals surface area (Å²) in [7, 11) is 0. The summed E-state index contributed by atoms with van der Waals surface area (Å²) in [6, 6.07) is 2.14. The summed E-state index contributed by atoms with van der Waals surface area (Å²) < 4.78 is 0. The fourth-order valence-electron chi connectivity index (χ4n) is 1.25. The molecule has 1 aromatic rings.